The van der Waals surface area contributed by atoms with Crippen LogP contribution in [0.5, 0.6) is 0 Å². The molecule has 0 spiro atoms. The molecule has 0 saturated heterocycles. The Morgan fingerprint density at radius 2 is 1.81 bits per heavy atom. The normalized spacial score (nSPS) is 11.7. The number of amides is 1. The van der Waals surface area contributed by atoms with E-state index in [1.54, 1.807) is 48.7 Å². The van der Waals surface area contributed by atoms with E-state index in [1.807, 2.05) is 38.1 Å². The fourth-order valence-electron chi connectivity index (χ4n) is 2.92. The van der Waals surface area contributed by atoms with Gasteiger partial charge in [0.1, 0.15) is 0 Å². The first-order valence-corrected chi connectivity index (χ1v) is 11.1. The summed E-state index contributed by atoms with van der Waals surface area (Å²) in [5, 5.41) is 3.87. The van der Waals surface area contributed by atoms with Crippen molar-refractivity contribution in [1.82, 2.24) is 14.7 Å². The summed E-state index contributed by atoms with van der Waals surface area (Å²) in [5.74, 6) is -0.546. The molecule has 160 valence electrons. The van der Waals surface area contributed by atoms with Gasteiger partial charge in [-0.05, 0) is 43.7 Å². The molecule has 31 heavy (non-hydrogen) atoms. The van der Waals surface area contributed by atoms with Gasteiger partial charge in [0, 0.05) is 12.7 Å². The summed E-state index contributed by atoms with van der Waals surface area (Å²) in [7, 11) is -3.89. The number of aromatic nitrogens is 1. The van der Waals surface area contributed by atoms with E-state index >= 15 is 0 Å². The van der Waals surface area contributed by atoms with Gasteiger partial charge < -0.3 is 0 Å². The van der Waals surface area contributed by atoms with Gasteiger partial charge in [0.25, 0.3) is 5.91 Å². The molecule has 1 amide bonds. The van der Waals surface area contributed by atoms with Gasteiger partial charge in [-0.3, -0.25) is 9.78 Å². The third-order valence-corrected chi connectivity index (χ3v) is 6.30. The molecule has 0 aliphatic carbocycles. The van der Waals surface area contributed by atoms with Crippen LogP contribution in [0.15, 0.2) is 82.9 Å². The topological polar surface area (TPSA) is 91.7 Å². The highest BCUT2D eigenvalue weighted by atomic mass is 32.2. The second-order valence-corrected chi connectivity index (χ2v) is 9.06. The van der Waals surface area contributed by atoms with Crippen LogP contribution in [0, 0.1) is 13.8 Å². The summed E-state index contributed by atoms with van der Waals surface area (Å²) < 4.78 is 27.7. The first-order chi connectivity index (χ1) is 14.8. The molecular formula is C23H24N4O3S. The number of carbonyl (C=O) groups excluding carboxylic acids is 1. The molecule has 0 atom stereocenters. The largest absolute Gasteiger partial charge is 0.272 e. The fourth-order valence-corrected chi connectivity index (χ4v) is 4.30. The molecule has 8 heteroatoms. The Morgan fingerprint density at radius 1 is 1.03 bits per heavy atom. The molecule has 0 fully saturated rings. The van der Waals surface area contributed by atoms with Crippen molar-refractivity contribution < 1.29 is 13.2 Å². The number of carbonyl (C=O) groups is 1. The van der Waals surface area contributed by atoms with Crippen molar-refractivity contribution in [2.75, 3.05) is 6.54 Å². The van der Waals surface area contributed by atoms with Gasteiger partial charge in [-0.15, -0.1) is 0 Å². The predicted molar refractivity (Wildman–Crippen MR) is 120 cm³/mol. The van der Waals surface area contributed by atoms with Crippen LogP contribution in [0.25, 0.3) is 0 Å². The number of nitrogens with zero attached hydrogens (tertiary/aromatic N) is 3. The minimum atomic E-state index is -3.89. The average Bonchev–Trinajstić information content (AvgIpc) is 2.74. The molecule has 1 aromatic heterocycles. The summed E-state index contributed by atoms with van der Waals surface area (Å²) in [5.41, 5.74) is 5.70. The zero-order valence-corrected chi connectivity index (χ0v) is 18.2. The van der Waals surface area contributed by atoms with E-state index in [0.29, 0.717) is 5.69 Å². The second-order valence-electron chi connectivity index (χ2n) is 7.12. The second kappa shape index (κ2) is 10.1. The number of hydrogen-bond donors (Lipinski definition) is 1. The van der Waals surface area contributed by atoms with Gasteiger partial charge in [0.15, 0.2) is 0 Å². The molecule has 0 radical (unpaired) electrons. The van der Waals surface area contributed by atoms with Gasteiger partial charge in [0.2, 0.25) is 10.0 Å². The van der Waals surface area contributed by atoms with Crippen LogP contribution >= 0.6 is 0 Å². The highest BCUT2D eigenvalue weighted by molar-refractivity contribution is 7.89. The van der Waals surface area contributed by atoms with Crippen LogP contribution in [-0.2, 0) is 21.4 Å². The number of pyridine rings is 1. The Balaban J connectivity index is 1.80. The summed E-state index contributed by atoms with van der Waals surface area (Å²) in [6.07, 6.45) is 3.01. The standard InChI is InChI=1S/C23H24N4O3S/c1-18-9-11-22(12-10-18)31(29,30)27(16-20-7-5-6-19(2)14-20)17-23(28)26-25-15-21-8-3-4-13-24-21/h3-15H,16-17H2,1-2H3,(H,26,28)/b25-15+. The number of aryl methyl sites for hydroxylation is 2. The monoisotopic (exact) mass is 436 g/mol. The lowest BCUT2D eigenvalue weighted by molar-refractivity contribution is -0.121. The quantitative estimate of drug-likeness (QED) is 0.434. The highest BCUT2D eigenvalue weighted by Gasteiger charge is 2.27. The summed E-state index contributed by atoms with van der Waals surface area (Å²) in [6, 6.07) is 19.4. The lowest BCUT2D eigenvalue weighted by Gasteiger charge is -2.22. The number of nitrogens with one attached hydrogen (secondary N) is 1. The number of sulfonamides is 1. The van der Waals surface area contributed by atoms with Crippen molar-refractivity contribution in [2.45, 2.75) is 25.3 Å². The Labute approximate surface area is 182 Å². The molecule has 7 nitrogen and oxygen atoms in total. The molecule has 3 aromatic rings. The van der Waals surface area contributed by atoms with Gasteiger partial charge in [0.05, 0.1) is 23.3 Å². The maximum absolute atomic E-state index is 13.3. The van der Waals surface area contributed by atoms with Gasteiger partial charge in [-0.25, -0.2) is 13.8 Å². The fraction of sp³-hybridized carbons (Fsp3) is 0.174. The van der Waals surface area contributed by atoms with Crippen LogP contribution in [0.1, 0.15) is 22.4 Å². The third-order valence-electron chi connectivity index (χ3n) is 4.49. The molecule has 0 saturated carbocycles. The number of hydrazone groups is 1. The Bertz CT molecular complexity index is 1160. The predicted octanol–water partition coefficient (Wildman–Crippen LogP) is 3.04. The van der Waals surface area contributed by atoms with Gasteiger partial charge >= 0.3 is 0 Å². The van der Waals surface area contributed by atoms with E-state index in [1.165, 1.54) is 6.21 Å². The first kappa shape index (κ1) is 22.3. The molecule has 3 rings (SSSR count). The van der Waals surface area contributed by atoms with Crippen molar-refractivity contribution in [3.05, 3.63) is 95.3 Å². The summed E-state index contributed by atoms with van der Waals surface area (Å²) in [4.78, 5) is 16.7. The summed E-state index contributed by atoms with van der Waals surface area (Å²) in [6.45, 7) is 3.51. The summed E-state index contributed by atoms with van der Waals surface area (Å²) >= 11 is 0. The van der Waals surface area contributed by atoms with Crippen LogP contribution in [0.4, 0.5) is 0 Å². The lowest BCUT2D eigenvalue weighted by Crippen LogP contribution is -2.39. The molecular weight excluding hydrogens is 412 g/mol. The van der Waals surface area contributed by atoms with Crippen LogP contribution in [0.3, 0.4) is 0 Å². The number of rotatable bonds is 8. The average molecular weight is 437 g/mol. The van der Waals surface area contributed by atoms with Crippen molar-refractivity contribution in [3.8, 4) is 0 Å². The molecule has 0 aliphatic rings. The third kappa shape index (κ3) is 6.31. The van der Waals surface area contributed by atoms with E-state index < -0.39 is 15.9 Å². The Hall–Kier alpha value is -3.36. The van der Waals surface area contributed by atoms with E-state index in [-0.39, 0.29) is 18.0 Å². The SMILES string of the molecule is Cc1ccc(S(=O)(=O)N(CC(=O)N/N=C/c2ccccn2)Cc2cccc(C)c2)cc1. The lowest BCUT2D eigenvalue weighted by atomic mass is 10.1. The van der Waals surface area contributed by atoms with Crippen LogP contribution in [0.2, 0.25) is 0 Å². The van der Waals surface area contributed by atoms with E-state index in [4.69, 9.17) is 0 Å². The molecule has 2 aromatic carbocycles. The van der Waals surface area contributed by atoms with E-state index in [2.05, 4.69) is 15.5 Å². The molecule has 0 unspecified atom stereocenters. The zero-order valence-electron chi connectivity index (χ0n) is 17.4. The Kier molecular flexibility index (Phi) is 7.28. The molecule has 1 heterocycles. The van der Waals surface area contributed by atoms with E-state index in [0.717, 1.165) is 21.0 Å². The number of benzene rings is 2. The maximum atomic E-state index is 13.3. The molecule has 0 bridgehead atoms. The van der Waals surface area contributed by atoms with Gasteiger partial charge in [-0.2, -0.15) is 9.41 Å². The molecule has 1 N–H and O–H groups in total. The smallest absolute Gasteiger partial charge is 0.255 e. The Morgan fingerprint density at radius 3 is 2.48 bits per heavy atom. The molecule has 0 aliphatic heterocycles. The number of hydrogen-bond acceptors (Lipinski definition) is 5. The van der Waals surface area contributed by atoms with Crippen molar-refractivity contribution >= 4 is 22.1 Å². The van der Waals surface area contributed by atoms with Crippen molar-refractivity contribution in [2.24, 2.45) is 5.10 Å². The minimum Gasteiger partial charge on any atom is -0.272 e. The zero-order chi connectivity index (χ0) is 22.3. The highest BCUT2D eigenvalue weighted by Crippen LogP contribution is 2.19. The van der Waals surface area contributed by atoms with Crippen LogP contribution < -0.4 is 5.43 Å². The minimum absolute atomic E-state index is 0.0647. The maximum Gasteiger partial charge on any atom is 0.255 e. The van der Waals surface area contributed by atoms with Crippen molar-refractivity contribution in [1.29, 1.82) is 0 Å². The van der Waals surface area contributed by atoms with Crippen molar-refractivity contribution in [3.63, 3.8) is 0 Å². The van der Waals surface area contributed by atoms with Gasteiger partial charge in [-0.1, -0.05) is 53.6 Å². The first-order valence-electron chi connectivity index (χ1n) is 9.70. The van der Waals surface area contributed by atoms with E-state index in [9.17, 15) is 13.2 Å². The van der Waals surface area contributed by atoms with Crippen LogP contribution in [-0.4, -0.2) is 36.4 Å².